The summed E-state index contributed by atoms with van der Waals surface area (Å²) in [6.45, 7) is 0. The second-order valence-corrected chi connectivity index (χ2v) is 4.30. The molecule has 0 unspecified atom stereocenters. The van der Waals surface area contributed by atoms with E-state index in [-0.39, 0.29) is 11.3 Å². The van der Waals surface area contributed by atoms with Crippen LogP contribution in [0.5, 0.6) is 5.75 Å². The Hall–Kier alpha value is -2.62. The van der Waals surface area contributed by atoms with Gasteiger partial charge in [0.2, 0.25) is 11.6 Å². The van der Waals surface area contributed by atoms with Crippen LogP contribution in [-0.2, 0) is 4.79 Å². The van der Waals surface area contributed by atoms with Gasteiger partial charge in [0.05, 0.1) is 7.11 Å². The molecule has 0 aromatic heterocycles. The molecular formula is C15H10O4. The average Bonchev–Trinajstić information content (AvgIpc) is 2.43. The molecule has 0 fully saturated rings. The van der Waals surface area contributed by atoms with E-state index in [0.29, 0.717) is 16.7 Å². The van der Waals surface area contributed by atoms with Gasteiger partial charge >= 0.3 is 0 Å². The molecule has 0 aliphatic heterocycles. The molecule has 2 aromatic rings. The number of aliphatic hydroxyl groups excluding tert-OH is 1. The van der Waals surface area contributed by atoms with Gasteiger partial charge in [-0.15, -0.1) is 0 Å². The first-order valence-electron chi connectivity index (χ1n) is 5.72. The third-order valence-corrected chi connectivity index (χ3v) is 3.22. The number of benzene rings is 2. The number of Topliss-reactive ketones (excluding diaryl/α,β-unsaturated/α-hetero) is 1. The molecule has 1 N–H and O–H groups in total. The van der Waals surface area contributed by atoms with Gasteiger partial charge in [-0.05, 0) is 35.0 Å². The van der Waals surface area contributed by atoms with Crippen molar-refractivity contribution in [1.29, 1.82) is 0 Å². The Morgan fingerprint density at radius 1 is 1.11 bits per heavy atom. The fraction of sp³-hybridized carbons (Fsp3) is 0.0667. The summed E-state index contributed by atoms with van der Waals surface area (Å²) in [5, 5.41) is 11.5. The van der Waals surface area contributed by atoms with E-state index in [1.807, 2.05) is 6.07 Å². The molecular weight excluding hydrogens is 244 g/mol. The highest BCUT2D eigenvalue weighted by atomic mass is 16.5. The number of hydrogen-bond donors (Lipinski definition) is 1. The molecule has 3 rings (SSSR count). The molecule has 0 spiro atoms. The van der Waals surface area contributed by atoms with Crippen molar-refractivity contribution in [2.24, 2.45) is 0 Å². The molecule has 19 heavy (non-hydrogen) atoms. The van der Waals surface area contributed by atoms with Gasteiger partial charge < -0.3 is 9.84 Å². The molecule has 0 saturated carbocycles. The lowest BCUT2D eigenvalue weighted by Crippen LogP contribution is -2.18. The second kappa shape index (κ2) is 3.95. The van der Waals surface area contributed by atoms with Gasteiger partial charge in [-0.2, -0.15) is 0 Å². The van der Waals surface area contributed by atoms with Gasteiger partial charge in [-0.1, -0.05) is 6.07 Å². The number of allylic oxidation sites excluding steroid dienone is 1. The van der Waals surface area contributed by atoms with Crippen molar-refractivity contribution in [3.63, 3.8) is 0 Å². The van der Waals surface area contributed by atoms with Gasteiger partial charge in [0, 0.05) is 17.2 Å². The summed E-state index contributed by atoms with van der Waals surface area (Å²) in [5.74, 6) is -0.770. The predicted octanol–water partition coefficient (Wildman–Crippen LogP) is 2.51. The Bertz CT molecular complexity index is 756. The average molecular weight is 254 g/mol. The van der Waals surface area contributed by atoms with Crippen molar-refractivity contribution >= 4 is 28.1 Å². The van der Waals surface area contributed by atoms with Crippen molar-refractivity contribution in [2.45, 2.75) is 0 Å². The minimum atomic E-state index is -0.696. The highest BCUT2D eigenvalue weighted by Gasteiger charge is 2.27. The van der Waals surface area contributed by atoms with Crippen LogP contribution in [0.3, 0.4) is 0 Å². The van der Waals surface area contributed by atoms with Crippen molar-refractivity contribution in [3.05, 3.63) is 47.5 Å². The molecule has 0 saturated heterocycles. The fourth-order valence-electron chi connectivity index (χ4n) is 2.29. The Morgan fingerprint density at radius 2 is 1.89 bits per heavy atom. The van der Waals surface area contributed by atoms with Crippen LogP contribution >= 0.6 is 0 Å². The third kappa shape index (κ3) is 1.61. The minimum Gasteiger partial charge on any atom is -0.507 e. The van der Waals surface area contributed by atoms with E-state index in [1.54, 1.807) is 31.4 Å². The summed E-state index contributed by atoms with van der Waals surface area (Å²) in [6, 6.07) is 8.61. The zero-order valence-corrected chi connectivity index (χ0v) is 10.1. The Kier molecular flexibility index (Phi) is 2.38. The Balaban J connectivity index is 2.37. The molecule has 4 nitrogen and oxygen atoms in total. The number of hydrogen-bond acceptors (Lipinski definition) is 4. The van der Waals surface area contributed by atoms with E-state index in [2.05, 4.69) is 0 Å². The number of carbonyl (C=O) groups is 2. The minimum absolute atomic E-state index is 0.171. The first kappa shape index (κ1) is 11.5. The third-order valence-electron chi connectivity index (χ3n) is 3.22. The summed E-state index contributed by atoms with van der Waals surface area (Å²) in [4.78, 5) is 23.2. The molecule has 1 aliphatic carbocycles. The summed E-state index contributed by atoms with van der Waals surface area (Å²) < 4.78 is 5.13. The molecule has 0 bridgehead atoms. The summed E-state index contributed by atoms with van der Waals surface area (Å²) in [6.07, 6.45) is 0.967. The fourth-order valence-corrected chi connectivity index (χ4v) is 2.29. The molecule has 0 amide bonds. The highest BCUT2D eigenvalue weighted by molar-refractivity contribution is 6.50. The molecule has 2 aromatic carbocycles. The van der Waals surface area contributed by atoms with Crippen molar-refractivity contribution < 1.29 is 19.4 Å². The van der Waals surface area contributed by atoms with E-state index >= 15 is 0 Å². The van der Waals surface area contributed by atoms with Crippen LogP contribution in [0.25, 0.3) is 16.5 Å². The largest absolute Gasteiger partial charge is 0.507 e. The highest BCUT2D eigenvalue weighted by Crippen LogP contribution is 2.32. The van der Waals surface area contributed by atoms with Gasteiger partial charge in [0.25, 0.3) is 0 Å². The maximum absolute atomic E-state index is 11.8. The standard InChI is InChI=1S/C15H10O4/c1-19-9-3-5-10-8(6-9)2-4-11-14(10)12(16)7-13(17)15(11)18/h2-7,16H,1H3. The first-order valence-corrected chi connectivity index (χ1v) is 5.72. The van der Waals surface area contributed by atoms with Crippen LogP contribution in [0.1, 0.15) is 15.9 Å². The van der Waals surface area contributed by atoms with Crippen LogP contribution in [-0.4, -0.2) is 23.8 Å². The van der Waals surface area contributed by atoms with Gasteiger partial charge in [0.1, 0.15) is 11.5 Å². The summed E-state index contributed by atoms with van der Waals surface area (Å²) >= 11 is 0. The SMILES string of the molecule is COc1ccc2c3c(ccc2c1)C(=O)C(=O)C=C3O. The van der Waals surface area contributed by atoms with Gasteiger partial charge in [0.15, 0.2) is 0 Å². The zero-order valence-electron chi connectivity index (χ0n) is 10.1. The van der Waals surface area contributed by atoms with E-state index in [1.165, 1.54) is 0 Å². The number of aliphatic hydroxyl groups is 1. The van der Waals surface area contributed by atoms with Crippen molar-refractivity contribution in [3.8, 4) is 5.75 Å². The lowest BCUT2D eigenvalue weighted by Gasteiger charge is -2.15. The maximum atomic E-state index is 11.8. The number of ether oxygens (including phenoxy) is 1. The summed E-state index contributed by atoms with van der Waals surface area (Å²) in [7, 11) is 1.57. The van der Waals surface area contributed by atoms with Crippen LogP contribution in [0, 0.1) is 0 Å². The molecule has 0 radical (unpaired) electrons. The van der Waals surface area contributed by atoms with Crippen LogP contribution in [0.2, 0.25) is 0 Å². The van der Waals surface area contributed by atoms with Crippen molar-refractivity contribution in [2.75, 3.05) is 7.11 Å². The van der Waals surface area contributed by atoms with Gasteiger partial charge in [-0.3, -0.25) is 9.59 Å². The molecule has 4 heteroatoms. The van der Waals surface area contributed by atoms with E-state index < -0.39 is 11.6 Å². The van der Waals surface area contributed by atoms with E-state index in [9.17, 15) is 14.7 Å². The molecule has 1 aliphatic rings. The molecule has 0 heterocycles. The number of fused-ring (bicyclic) bond motifs is 3. The monoisotopic (exact) mass is 254 g/mol. The normalized spacial score (nSPS) is 14.3. The van der Waals surface area contributed by atoms with Gasteiger partial charge in [-0.25, -0.2) is 0 Å². The number of rotatable bonds is 1. The first-order chi connectivity index (χ1) is 9.11. The lowest BCUT2D eigenvalue weighted by atomic mass is 9.89. The van der Waals surface area contributed by atoms with Crippen LogP contribution < -0.4 is 4.74 Å². The summed E-state index contributed by atoms with van der Waals surface area (Å²) in [5.41, 5.74) is 0.646. The number of ketones is 2. The smallest absolute Gasteiger partial charge is 0.233 e. The van der Waals surface area contributed by atoms with Crippen LogP contribution in [0.15, 0.2) is 36.4 Å². The topological polar surface area (TPSA) is 63.6 Å². The Labute approximate surface area is 108 Å². The zero-order chi connectivity index (χ0) is 13.6. The van der Waals surface area contributed by atoms with E-state index in [0.717, 1.165) is 11.5 Å². The number of carbonyl (C=O) groups excluding carboxylic acids is 2. The quantitative estimate of drug-likeness (QED) is 0.794. The lowest BCUT2D eigenvalue weighted by molar-refractivity contribution is -0.111. The second-order valence-electron chi connectivity index (χ2n) is 4.30. The van der Waals surface area contributed by atoms with Crippen LogP contribution in [0.4, 0.5) is 0 Å². The number of methoxy groups -OCH3 is 1. The maximum Gasteiger partial charge on any atom is 0.233 e. The van der Waals surface area contributed by atoms with Crippen molar-refractivity contribution in [1.82, 2.24) is 0 Å². The van der Waals surface area contributed by atoms with E-state index in [4.69, 9.17) is 4.74 Å². The Morgan fingerprint density at radius 3 is 2.63 bits per heavy atom. The molecule has 0 atom stereocenters. The predicted molar refractivity (Wildman–Crippen MR) is 70.4 cm³/mol. The molecule has 94 valence electrons.